The number of aromatic nitrogens is 3. The Balaban J connectivity index is 2.39. The number of methoxy groups -OCH3 is 1. The second kappa shape index (κ2) is 6.29. The smallest absolute Gasteiger partial charge is 0.376 e. The summed E-state index contributed by atoms with van der Waals surface area (Å²) in [7, 11) is 1.60. The van der Waals surface area contributed by atoms with Gasteiger partial charge in [0.1, 0.15) is 11.2 Å². The average Bonchev–Trinajstić information content (AvgIpc) is 2.81. The summed E-state index contributed by atoms with van der Waals surface area (Å²) in [6.07, 6.45) is 0. The monoisotopic (exact) mass is 280 g/mol. The molecule has 0 saturated carbocycles. The molecule has 0 aliphatic heterocycles. The van der Waals surface area contributed by atoms with Gasteiger partial charge < -0.3 is 19.3 Å². The Morgan fingerprint density at radius 2 is 2.20 bits per heavy atom. The maximum absolute atomic E-state index is 11.7. The van der Waals surface area contributed by atoms with E-state index in [1.807, 2.05) is 0 Å². The highest BCUT2D eigenvalue weighted by molar-refractivity contribution is 5.93. The van der Waals surface area contributed by atoms with Crippen LogP contribution in [0.3, 0.4) is 0 Å². The third-order valence-electron chi connectivity index (χ3n) is 2.56. The van der Waals surface area contributed by atoms with Crippen LogP contribution in [-0.4, -0.2) is 48.0 Å². The SMILES string of the molecule is CCOC(=O)c1nc(NCCOC)c2c(C)noc2n1. The highest BCUT2D eigenvalue weighted by atomic mass is 16.5. The lowest BCUT2D eigenvalue weighted by molar-refractivity contribution is 0.0512. The van der Waals surface area contributed by atoms with Crippen LogP contribution >= 0.6 is 0 Å². The van der Waals surface area contributed by atoms with E-state index in [1.54, 1.807) is 21.0 Å². The molecule has 1 N–H and O–H groups in total. The van der Waals surface area contributed by atoms with Crippen molar-refractivity contribution in [3.05, 3.63) is 11.5 Å². The maximum atomic E-state index is 11.7. The van der Waals surface area contributed by atoms with Crippen LogP contribution in [0.5, 0.6) is 0 Å². The Bertz CT molecular complexity index is 611. The van der Waals surface area contributed by atoms with Crippen LogP contribution in [0.15, 0.2) is 4.52 Å². The van der Waals surface area contributed by atoms with Crippen molar-refractivity contribution in [1.29, 1.82) is 0 Å². The van der Waals surface area contributed by atoms with Gasteiger partial charge in [-0.15, -0.1) is 0 Å². The minimum atomic E-state index is -0.599. The number of carbonyl (C=O) groups excluding carboxylic acids is 1. The zero-order valence-corrected chi connectivity index (χ0v) is 11.6. The fraction of sp³-hybridized carbons (Fsp3) is 0.500. The molecule has 0 fully saturated rings. The van der Waals surface area contributed by atoms with Crippen LogP contribution < -0.4 is 5.32 Å². The Kier molecular flexibility index (Phi) is 4.46. The zero-order valence-electron chi connectivity index (χ0n) is 11.6. The average molecular weight is 280 g/mol. The molecule has 2 aromatic rings. The molecule has 0 saturated heterocycles. The van der Waals surface area contributed by atoms with E-state index in [9.17, 15) is 4.79 Å². The number of ether oxygens (including phenoxy) is 2. The highest BCUT2D eigenvalue weighted by Crippen LogP contribution is 2.23. The summed E-state index contributed by atoms with van der Waals surface area (Å²) in [4.78, 5) is 19.9. The Morgan fingerprint density at radius 1 is 1.40 bits per heavy atom. The van der Waals surface area contributed by atoms with Gasteiger partial charge in [-0.25, -0.2) is 9.78 Å². The normalized spacial score (nSPS) is 10.8. The largest absolute Gasteiger partial charge is 0.460 e. The van der Waals surface area contributed by atoms with E-state index in [2.05, 4.69) is 20.4 Å². The standard InChI is InChI=1S/C12H16N4O4/c1-4-19-12(17)10-14-9(13-5-6-18-3)8-7(2)16-20-11(8)15-10/h4-6H2,1-3H3,(H,13,14,15). The van der Waals surface area contributed by atoms with Gasteiger partial charge in [0.25, 0.3) is 5.71 Å². The van der Waals surface area contributed by atoms with E-state index >= 15 is 0 Å². The van der Waals surface area contributed by atoms with Crippen molar-refractivity contribution < 1.29 is 18.8 Å². The Hall–Kier alpha value is -2.22. The fourth-order valence-electron chi connectivity index (χ4n) is 1.68. The molecule has 0 bridgehead atoms. The van der Waals surface area contributed by atoms with Crippen LogP contribution in [0.4, 0.5) is 5.82 Å². The summed E-state index contributed by atoms with van der Waals surface area (Å²) < 4.78 is 14.9. The van der Waals surface area contributed by atoms with Gasteiger partial charge in [0.2, 0.25) is 5.82 Å². The van der Waals surface area contributed by atoms with Crippen LogP contribution in [0, 0.1) is 6.92 Å². The molecule has 0 aromatic carbocycles. The quantitative estimate of drug-likeness (QED) is 0.621. The molecule has 0 aliphatic rings. The molecule has 0 amide bonds. The van der Waals surface area contributed by atoms with Crippen molar-refractivity contribution in [2.75, 3.05) is 32.2 Å². The summed E-state index contributed by atoms with van der Waals surface area (Å²) in [5, 5.41) is 7.55. The molecule has 2 aromatic heterocycles. The van der Waals surface area contributed by atoms with Crippen molar-refractivity contribution in [3.8, 4) is 0 Å². The number of anilines is 1. The second-order valence-corrected chi connectivity index (χ2v) is 3.98. The molecule has 2 rings (SSSR count). The minimum Gasteiger partial charge on any atom is -0.460 e. The highest BCUT2D eigenvalue weighted by Gasteiger charge is 2.19. The molecule has 20 heavy (non-hydrogen) atoms. The number of hydrogen-bond donors (Lipinski definition) is 1. The predicted octanol–water partition coefficient (Wildman–Crippen LogP) is 1.16. The predicted molar refractivity (Wildman–Crippen MR) is 70.7 cm³/mol. The van der Waals surface area contributed by atoms with Gasteiger partial charge in [0, 0.05) is 13.7 Å². The van der Waals surface area contributed by atoms with Crippen molar-refractivity contribution in [2.24, 2.45) is 0 Å². The van der Waals surface area contributed by atoms with Crippen LogP contribution in [0.25, 0.3) is 11.1 Å². The van der Waals surface area contributed by atoms with E-state index in [0.717, 1.165) is 0 Å². The number of nitrogens with one attached hydrogen (secondary N) is 1. The molecule has 8 heteroatoms. The first-order valence-electron chi connectivity index (χ1n) is 6.21. The number of carbonyl (C=O) groups is 1. The number of aryl methyl sites for hydroxylation is 1. The van der Waals surface area contributed by atoms with Crippen LogP contribution in [0.1, 0.15) is 23.2 Å². The van der Waals surface area contributed by atoms with Crippen molar-refractivity contribution >= 4 is 22.9 Å². The first-order chi connectivity index (χ1) is 9.67. The second-order valence-electron chi connectivity index (χ2n) is 3.98. The summed E-state index contributed by atoms with van der Waals surface area (Å²) in [5.74, 6) is -0.178. The number of fused-ring (bicyclic) bond motifs is 1. The van der Waals surface area contributed by atoms with Gasteiger partial charge in [-0.3, -0.25) is 0 Å². The first kappa shape index (κ1) is 14.2. The van der Waals surface area contributed by atoms with E-state index in [-0.39, 0.29) is 18.1 Å². The number of esters is 1. The third kappa shape index (κ3) is 2.85. The van der Waals surface area contributed by atoms with Gasteiger partial charge in [-0.05, 0) is 13.8 Å². The number of hydrogen-bond acceptors (Lipinski definition) is 8. The Morgan fingerprint density at radius 3 is 2.90 bits per heavy atom. The Labute approximate surface area is 115 Å². The van der Waals surface area contributed by atoms with E-state index in [1.165, 1.54) is 0 Å². The molecule has 0 unspecified atom stereocenters. The lowest BCUT2D eigenvalue weighted by atomic mass is 10.3. The van der Waals surface area contributed by atoms with Gasteiger partial charge in [0.05, 0.1) is 18.9 Å². The van der Waals surface area contributed by atoms with Crippen molar-refractivity contribution in [3.63, 3.8) is 0 Å². The number of rotatable bonds is 6. The maximum Gasteiger partial charge on any atom is 0.376 e. The summed E-state index contributed by atoms with van der Waals surface area (Å²) in [5.41, 5.74) is 0.899. The van der Waals surface area contributed by atoms with Gasteiger partial charge in [-0.1, -0.05) is 5.16 Å². The van der Waals surface area contributed by atoms with E-state index < -0.39 is 5.97 Å². The first-order valence-corrected chi connectivity index (χ1v) is 6.21. The molecule has 8 nitrogen and oxygen atoms in total. The van der Waals surface area contributed by atoms with Gasteiger partial charge in [-0.2, -0.15) is 4.98 Å². The molecule has 108 valence electrons. The topological polar surface area (TPSA) is 99.4 Å². The van der Waals surface area contributed by atoms with E-state index in [4.69, 9.17) is 14.0 Å². The molecule has 0 spiro atoms. The van der Waals surface area contributed by atoms with Crippen LogP contribution in [0.2, 0.25) is 0 Å². The lowest BCUT2D eigenvalue weighted by Crippen LogP contribution is -2.14. The summed E-state index contributed by atoms with van der Waals surface area (Å²) in [6, 6.07) is 0. The summed E-state index contributed by atoms with van der Waals surface area (Å²) >= 11 is 0. The summed E-state index contributed by atoms with van der Waals surface area (Å²) in [6.45, 7) is 4.79. The molecular formula is C12H16N4O4. The minimum absolute atomic E-state index is 0.0598. The number of nitrogens with zero attached hydrogens (tertiary/aromatic N) is 3. The molecule has 0 atom stereocenters. The molecule has 2 heterocycles. The lowest BCUT2D eigenvalue weighted by Gasteiger charge is -2.07. The van der Waals surface area contributed by atoms with Crippen molar-refractivity contribution in [2.45, 2.75) is 13.8 Å². The van der Waals surface area contributed by atoms with Crippen molar-refractivity contribution in [1.82, 2.24) is 15.1 Å². The molecular weight excluding hydrogens is 264 g/mol. The van der Waals surface area contributed by atoms with E-state index in [0.29, 0.717) is 30.0 Å². The van der Waals surface area contributed by atoms with Crippen LogP contribution in [-0.2, 0) is 9.47 Å². The molecule has 0 radical (unpaired) electrons. The van der Waals surface area contributed by atoms with Gasteiger partial charge in [0.15, 0.2) is 0 Å². The fourth-order valence-corrected chi connectivity index (χ4v) is 1.68. The van der Waals surface area contributed by atoms with Gasteiger partial charge >= 0.3 is 5.97 Å². The zero-order chi connectivity index (χ0) is 14.5. The third-order valence-corrected chi connectivity index (χ3v) is 2.56. The molecule has 0 aliphatic carbocycles.